The predicted octanol–water partition coefficient (Wildman–Crippen LogP) is 4.23. The van der Waals surface area contributed by atoms with E-state index in [-0.39, 0.29) is 24.4 Å². The molecule has 1 amide bonds. The van der Waals surface area contributed by atoms with Crippen LogP contribution in [0.15, 0.2) is 29.1 Å². The van der Waals surface area contributed by atoms with Gasteiger partial charge in [-0.3, -0.25) is 9.59 Å². The van der Waals surface area contributed by atoms with Gasteiger partial charge in [0.2, 0.25) is 5.91 Å². The van der Waals surface area contributed by atoms with E-state index in [4.69, 9.17) is 0 Å². The van der Waals surface area contributed by atoms with Crippen molar-refractivity contribution < 1.29 is 18.0 Å². The number of nitrogens with one attached hydrogen (secondary N) is 1. The van der Waals surface area contributed by atoms with E-state index in [0.29, 0.717) is 42.0 Å². The lowest BCUT2D eigenvalue weighted by molar-refractivity contribution is -0.137. The van der Waals surface area contributed by atoms with Gasteiger partial charge >= 0.3 is 6.18 Å². The molecule has 0 fully saturated rings. The van der Waals surface area contributed by atoms with Gasteiger partial charge in [-0.15, -0.1) is 0 Å². The molecule has 0 radical (unpaired) electrons. The molecule has 0 aliphatic carbocycles. The number of amides is 1. The lowest BCUT2D eigenvalue weighted by Crippen LogP contribution is -2.39. The van der Waals surface area contributed by atoms with E-state index in [1.54, 1.807) is 11.0 Å². The molecule has 0 bridgehead atoms. The second kappa shape index (κ2) is 9.45. The number of alkyl halides is 3. The lowest BCUT2D eigenvalue weighted by atomic mass is 10.0. The topological polar surface area (TPSA) is 66.1 Å². The zero-order valence-electron chi connectivity index (χ0n) is 17.0. The Labute approximate surface area is 173 Å². The van der Waals surface area contributed by atoms with Crippen LogP contribution >= 0.6 is 0 Å². The van der Waals surface area contributed by atoms with Crippen molar-refractivity contribution in [1.82, 2.24) is 14.9 Å². The van der Waals surface area contributed by atoms with Gasteiger partial charge in [-0.25, -0.2) is 4.98 Å². The van der Waals surface area contributed by atoms with E-state index in [0.717, 1.165) is 37.8 Å². The molecule has 5 nitrogen and oxygen atoms in total. The molecule has 1 aliphatic rings. The van der Waals surface area contributed by atoms with Crippen molar-refractivity contribution in [2.45, 2.75) is 64.6 Å². The summed E-state index contributed by atoms with van der Waals surface area (Å²) in [5.74, 6) is 0.376. The Morgan fingerprint density at radius 2 is 2.03 bits per heavy atom. The zero-order chi connectivity index (χ0) is 21.7. The number of carbonyl (C=O) groups excluding carboxylic acids is 1. The van der Waals surface area contributed by atoms with Crippen molar-refractivity contribution in [3.63, 3.8) is 0 Å². The van der Waals surface area contributed by atoms with Crippen molar-refractivity contribution in [3.8, 4) is 0 Å². The lowest BCUT2D eigenvalue weighted by Gasteiger charge is -2.28. The minimum absolute atomic E-state index is 0.0456. The maximum absolute atomic E-state index is 12.9. The van der Waals surface area contributed by atoms with E-state index in [1.807, 2.05) is 0 Å². The quantitative estimate of drug-likeness (QED) is 0.681. The minimum atomic E-state index is -4.42. The number of hydrogen-bond acceptors (Lipinski definition) is 3. The molecule has 2 heterocycles. The second-order valence-corrected chi connectivity index (χ2v) is 7.69. The van der Waals surface area contributed by atoms with Crippen LogP contribution in [0.3, 0.4) is 0 Å². The minimum Gasteiger partial charge on any atom is -0.338 e. The molecular weight excluding hydrogens is 395 g/mol. The summed E-state index contributed by atoms with van der Waals surface area (Å²) in [6.45, 7) is 2.84. The molecule has 0 spiro atoms. The highest BCUT2D eigenvalue weighted by molar-refractivity contribution is 5.76. The van der Waals surface area contributed by atoms with Crippen molar-refractivity contribution >= 4 is 5.91 Å². The van der Waals surface area contributed by atoms with Crippen molar-refractivity contribution in [2.24, 2.45) is 0 Å². The molecule has 0 atom stereocenters. The van der Waals surface area contributed by atoms with Crippen molar-refractivity contribution in [3.05, 3.63) is 62.8 Å². The molecule has 3 rings (SSSR count). The van der Waals surface area contributed by atoms with Gasteiger partial charge in [0, 0.05) is 25.8 Å². The second-order valence-electron chi connectivity index (χ2n) is 7.69. The number of fused-ring (bicyclic) bond motifs is 1. The van der Waals surface area contributed by atoms with Gasteiger partial charge in [0.25, 0.3) is 5.56 Å². The monoisotopic (exact) mass is 421 g/mol. The van der Waals surface area contributed by atoms with Crippen LogP contribution in [-0.2, 0) is 30.4 Å². The van der Waals surface area contributed by atoms with Gasteiger partial charge < -0.3 is 9.88 Å². The van der Waals surface area contributed by atoms with Crippen LogP contribution in [0.1, 0.15) is 67.2 Å². The molecule has 0 unspecified atom stereocenters. The van der Waals surface area contributed by atoms with E-state index < -0.39 is 11.7 Å². The van der Waals surface area contributed by atoms with Crippen molar-refractivity contribution in [1.29, 1.82) is 0 Å². The average molecular weight is 421 g/mol. The summed E-state index contributed by atoms with van der Waals surface area (Å²) < 4.78 is 38.7. The van der Waals surface area contributed by atoms with E-state index in [9.17, 15) is 22.8 Å². The third-order valence-electron chi connectivity index (χ3n) is 5.34. The maximum atomic E-state index is 12.9. The Bertz CT molecular complexity index is 953. The van der Waals surface area contributed by atoms with Gasteiger partial charge in [-0.05, 0) is 18.1 Å². The maximum Gasteiger partial charge on any atom is 0.416 e. The summed E-state index contributed by atoms with van der Waals surface area (Å²) in [5.41, 5.74) is 0.457. The van der Waals surface area contributed by atoms with E-state index in [2.05, 4.69) is 16.9 Å². The fourth-order valence-electron chi connectivity index (χ4n) is 3.69. The summed E-state index contributed by atoms with van der Waals surface area (Å²) in [4.78, 5) is 33.8. The first-order valence-electron chi connectivity index (χ1n) is 10.3. The molecule has 2 aromatic rings. The van der Waals surface area contributed by atoms with Crippen LogP contribution < -0.4 is 5.56 Å². The van der Waals surface area contributed by atoms with Crippen LogP contribution in [0.5, 0.6) is 0 Å². The Hall–Kier alpha value is -2.64. The van der Waals surface area contributed by atoms with E-state index >= 15 is 0 Å². The number of rotatable bonds is 7. The number of aromatic nitrogens is 2. The highest BCUT2D eigenvalue weighted by Crippen LogP contribution is 2.29. The van der Waals surface area contributed by atoms with Crippen molar-refractivity contribution in [2.75, 3.05) is 6.54 Å². The van der Waals surface area contributed by atoms with Gasteiger partial charge in [0.15, 0.2) is 0 Å². The SMILES string of the molecule is CCCCCCC(=O)N1CCc2nc(Cc3cccc(C(F)(F)F)c3)[nH]c(=O)c2C1. The van der Waals surface area contributed by atoms with Gasteiger partial charge in [-0.2, -0.15) is 13.2 Å². The molecule has 1 aromatic heterocycles. The van der Waals surface area contributed by atoms with Gasteiger partial charge in [0.05, 0.1) is 23.4 Å². The molecule has 0 saturated heterocycles. The summed E-state index contributed by atoms with van der Waals surface area (Å²) in [5, 5.41) is 0. The Balaban J connectivity index is 1.70. The molecule has 1 aliphatic heterocycles. The average Bonchev–Trinajstić information content (AvgIpc) is 2.70. The van der Waals surface area contributed by atoms with Gasteiger partial charge in [0.1, 0.15) is 5.82 Å². The largest absolute Gasteiger partial charge is 0.416 e. The first-order chi connectivity index (χ1) is 14.3. The Morgan fingerprint density at radius 3 is 2.77 bits per heavy atom. The molecule has 8 heteroatoms. The van der Waals surface area contributed by atoms with Crippen LogP contribution in [0.25, 0.3) is 0 Å². The number of H-pyrrole nitrogens is 1. The van der Waals surface area contributed by atoms with Gasteiger partial charge in [-0.1, -0.05) is 44.4 Å². The molecule has 1 aromatic carbocycles. The van der Waals surface area contributed by atoms with E-state index in [1.165, 1.54) is 6.07 Å². The number of halogens is 3. The summed E-state index contributed by atoms with van der Waals surface area (Å²) in [6, 6.07) is 5.01. The number of carbonyl (C=O) groups is 1. The summed E-state index contributed by atoms with van der Waals surface area (Å²) >= 11 is 0. The normalized spacial score (nSPS) is 13.9. The summed E-state index contributed by atoms with van der Waals surface area (Å²) in [6.07, 6.45) is 0.716. The number of benzene rings is 1. The molecule has 1 N–H and O–H groups in total. The summed E-state index contributed by atoms with van der Waals surface area (Å²) in [7, 11) is 0. The first-order valence-corrected chi connectivity index (χ1v) is 10.3. The number of unbranched alkanes of at least 4 members (excludes halogenated alkanes) is 3. The predicted molar refractivity (Wildman–Crippen MR) is 107 cm³/mol. The Kier molecular flexibility index (Phi) is 6.95. The standard InChI is InChI=1S/C22H26F3N3O2/c1-2-3-4-5-9-20(29)28-11-10-18-17(14-28)21(30)27-19(26-18)13-15-7-6-8-16(12-15)22(23,24)25/h6-8,12H,2-5,9-11,13-14H2,1H3,(H,26,27,30). The fraction of sp³-hybridized carbons (Fsp3) is 0.500. The third-order valence-corrected chi connectivity index (χ3v) is 5.34. The Morgan fingerprint density at radius 1 is 1.23 bits per heavy atom. The smallest absolute Gasteiger partial charge is 0.338 e. The zero-order valence-corrected chi connectivity index (χ0v) is 17.0. The number of hydrogen-bond donors (Lipinski definition) is 1. The highest BCUT2D eigenvalue weighted by atomic mass is 19.4. The highest BCUT2D eigenvalue weighted by Gasteiger charge is 2.30. The van der Waals surface area contributed by atoms with Crippen LogP contribution in [0, 0.1) is 0 Å². The van der Waals surface area contributed by atoms with Crippen LogP contribution in [0.2, 0.25) is 0 Å². The molecule has 162 valence electrons. The fourth-order valence-corrected chi connectivity index (χ4v) is 3.69. The van der Waals surface area contributed by atoms with Crippen LogP contribution in [0.4, 0.5) is 13.2 Å². The number of nitrogens with zero attached hydrogens (tertiary/aromatic N) is 2. The molecule has 30 heavy (non-hydrogen) atoms. The molecule has 0 saturated carbocycles. The first kappa shape index (κ1) is 22.1. The number of aromatic amines is 1. The third kappa shape index (κ3) is 5.49. The van der Waals surface area contributed by atoms with Crippen LogP contribution in [-0.4, -0.2) is 27.3 Å². The molecular formula is C22H26F3N3O2.